The molecule has 1 heterocycles. The SMILES string of the molecule is C[Si]1(OCCCc2ccccc2)CCCCC1. The molecule has 0 N–H and O–H groups in total. The minimum Gasteiger partial charge on any atom is -0.417 e. The molecule has 1 nitrogen and oxygen atoms in total. The van der Waals surface area contributed by atoms with E-state index in [9.17, 15) is 0 Å². The van der Waals surface area contributed by atoms with Crippen molar-refractivity contribution in [1.29, 1.82) is 0 Å². The van der Waals surface area contributed by atoms with E-state index in [2.05, 4.69) is 36.9 Å². The molecule has 0 spiro atoms. The van der Waals surface area contributed by atoms with Crippen LogP contribution in [0.5, 0.6) is 0 Å². The van der Waals surface area contributed by atoms with E-state index in [-0.39, 0.29) is 0 Å². The van der Waals surface area contributed by atoms with E-state index in [0.29, 0.717) is 0 Å². The smallest absolute Gasteiger partial charge is 0.189 e. The van der Waals surface area contributed by atoms with Gasteiger partial charge in [0.2, 0.25) is 0 Å². The molecule has 0 amide bonds. The lowest BCUT2D eigenvalue weighted by molar-refractivity contribution is 0.289. The summed E-state index contributed by atoms with van der Waals surface area (Å²) in [5, 5.41) is 0. The summed E-state index contributed by atoms with van der Waals surface area (Å²) in [6.45, 7) is 3.40. The van der Waals surface area contributed by atoms with Crippen molar-refractivity contribution in [2.45, 2.75) is 50.7 Å². The van der Waals surface area contributed by atoms with Crippen molar-refractivity contribution in [2.24, 2.45) is 0 Å². The van der Waals surface area contributed by atoms with Crippen LogP contribution in [0, 0.1) is 0 Å². The predicted octanol–water partition coefficient (Wildman–Crippen LogP) is 4.40. The van der Waals surface area contributed by atoms with Gasteiger partial charge in [-0.1, -0.05) is 49.6 Å². The summed E-state index contributed by atoms with van der Waals surface area (Å²) in [4.78, 5) is 0. The second-order valence-electron chi connectivity index (χ2n) is 5.45. The van der Waals surface area contributed by atoms with Crippen molar-refractivity contribution >= 4 is 8.32 Å². The van der Waals surface area contributed by atoms with Gasteiger partial charge in [0.15, 0.2) is 8.32 Å². The number of hydrogen-bond donors (Lipinski definition) is 0. The van der Waals surface area contributed by atoms with Crippen LogP contribution in [-0.2, 0) is 10.8 Å². The van der Waals surface area contributed by atoms with Crippen LogP contribution in [0.15, 0.2) is 30.3 Å². The molecule has 0 aliphatic carbocycles. The molecule has 94 valence electrons. The summed E-state index contributed by atoms with van der Waals surface area (Å²) in [6, 6.07) is 13.5. The van der Waals surface area contributed by atoms with Crippen molar-refractivity contribution in [3.05, 3.63) is 35.9 Å². The van der Waals surface area contributed by atoms with Crippen LogP contribution in [0.3, 0.4) is 0 Å². The van der Waals surface area contributed by atoms with Crippen molar-refractivity contribution in [3.63, 3.8) is 0 Å². The molecule has 17 heavy (non-hydrogen) atoms. The van der Waals surface area contributed by atoms with E-state index in [1.54, 1.807) is 0 Å². The van der Waals surface area contributed by atoms with Gasteiger partial charge in [-0.3, -0.25) is 0 Å². The molecule has 1 fully saturated rings. The van der Waals surface area contributed by atoms with Gasteiger partial charge in [0.25, 0.3) is 0 Å². The molecule has 1 aromatic rings. The second kappa shape index (κ2) is 6.36. The Morgan fingerprint density at radius 2 is 1.76 bits per heavy atom. The molecule has 2 heteroatoms. The molecule has 0 unspecified atom stereocenters. The zero-order chi connectivity index (χ0) is 12.0. The molecule has 1 aliphatic rings. The van der Waals surface area contributed by atoms with Gasteiger partial charge in [-0.15, -0.1) is 0 Å². The Balaban J connectivity index is 1.66. The van der Waals surface area contributed by atoms with E-state index in [1.165, 1.54) is 43.3 Å². The topological polar surface area (TPSA) is 9.23 Å². The molecule has 1 aromatic carbocycles. The van der Waals surface area contributed by atoms with Crippen LogP contribution in [0.2, 0.25) is 18.6 Å². The van der Waals surface area contributed by atoms with Crippen LogP contribution >= 0.6 is 0 Å². The molecule has 1 saturated heterocycles. The van der Waals surface area contributed by atoms with Crippen molar-refractivity contribution < 1.29 is 4.43 Å². The minimum absolute atomic E-state index is 0.970. The van der Waals surface area contributed by atoms with Crippen molar-refractivity contribution in [1.82, 2.24) is 0 Å². The van der Waals surface area contributed by atoms with Gasteiger partial charge >= 0.3 is 0 Å². The first kappa shape index (κ1) is 12.8. The molecule has 0 aromatic heterocycles. The third kappa shape index (κ3) is 4.28. The minimum atomic E-state index is -1.27. The van der Waals surface area contributed by atoms with E-state index >= 15 is 0 Å². The Morgan fingerprint density at radius 3 is 2.47 bits per heavy atom. The van der Waals surface area contributed by atoms with Crippen molar-refractivity contribution in [3.8, 4) is 0 Å². The third-order valence-electron chi connectivity index (χ3n) is 3.81. The summed E-state index contributed by atoms with van der Waals surface area (Å²) in [5.74, 6) is 0. The lowest BCUT2D eigenvalue weighted by Gasteiger charge is -2.31. The normalized spacial score (nSPS) is 19.1. The number of hydrogen-bond acceptors (Lipinski definition) is 1. The molecule has 0 saturated carbocycles. The van der Waals surface area contributed by atoms with Crippen LogP contribution < -0.4 is 0 Å². The van der Waals surface area contributed by atoms with E-state index in [4.69, 9.17) is 4.43 Å². The molecule has 0 atom stereocenters. The summed E-state index contributed by atoms with van der Waals surface area (Å²) in [7, 11) is -1.27. The first-order valence-electron chi connectivity index (χ1n) is 6.96. The fraction of sp³-hybridized carbons (Fsp3) is 0.600. The highest BCUT2D eigenvalue weighted by Gasteiger charge is 2.30. The number of benzene rings is 1. The second-order valence-corrected chi connectivity index (χ2v) is 9.64. The average molecular weight is 248 g/mol. The van der Waals surface area contributed by atoms with Gasteiger partial charge in [-0.2, -0.15) is 0 Å². The molecule has 2 rings (SSSR count). The Bertz CT molecular complexity index is 317. The maximum absolute atomic E-state index is 6.23. The van der Waals surface area contributed by atoms with Crippen LogP contribution in [0.25, 0.3) is 0 Å². The largest absolute Gasteiger partial charge is 0.417 e. The lowest BCUT2D eigenvalue weighted by atomic mass is 10.1. The summed E-state index contributed by atoms with van der Waals surface area (Å²) >= 11 is 0. The van der Waals surface area contributed by atoms with Gasteiger partial charge in [0.05, 0.1) is 0 Å². The first-order chi connectivity index (χ1) is 8.29. The van der Waals surface area contributed by atoms with E-state index < -0.39 is 8.32 Å². The van der Waals surface area contributed by atoms with Gasteiger partial charge in [0.1, 0.15) is 0 Å². The average Bonchev–Trinajstić information content (AvgIpc) is 2.37. The highest BCUT2D eigenvalue weighted by atomic mass is 28.4. The summed E-state index contributed by atoms with van der Waals surface area (Å²) < 4.78 is 6.23. The fourth-order valence-corrected chi connectivity index (χ4v) is 5.86. The van der Waals surface area contributed by atoms with Gasteiger partial charge in [0, 0.05) is 6.61 Å². The Kier molecular flexibility index (Phi) is 4.81. The molecule has 1 aliphatic heterocycles. The van der Waals surface area contributed by atoms with E-state index in [1.807, 2.05) is 0 Å². The van der Waals surface area contributed by atoms with Crippen LogP contribution in [0.4, 0.5) is 0 Å². The highest BCUT2D eigenvalue weighted by Crippen LogP contribution is 2.29. The van der Waals surface area contributed by atoms with Crippen LogP contribution in [0.1, 0.15) is 31.2 Å². The standard InChI is InChI=1S/C15H24OSi/c1-17(13-6-3-7-14-17)16-12-8-11-15-9-4-2-5-10-15/h2,4-5,9-10H,3,6-8,11-14H2,1H3. The monoisotopic (exact) mass is 248 g/mol. The predicted molar refractivity (Wildman–Crippen MR) is 75.8 cm³/mol. The molecule has 0 radical (unpaired) electrons. The Hall–Kier alpha value is -0.603. The maximum Gasteiger partial charge on any atom is 0.189 e. The Morgan fingerprint density at radius 1 is 1.06 bits per heavy atom. The van der Waals surface area contributed by atoms with Gasteiger partial charge < -0.3 is 4.43 Å². The lowest BCUT2D eigenvalue weighted by Crippen LogP contribution is -2.36. The molecular formula is C15H24OSi. The summed E-state index contributed by atoms with van der Waals surface area (Å²) in [6.07, 6.45) is 6.57. The van der Waals surface area contributed by atoms with Crippen molar-refractivity contribution in [2.75, 3.05) is 6.61 Å². The van der Waals surface area contributed by atoms with Crippen LogP contribution in [-0.4, -0.2) is 14.9 Å². The first-order valence-corrected chi connectivity index (χ1v) is 9.79. The summed E-state index contributed by atoms with van der Waals surface area (Å²) in [5.41, 5.74) is 1.44. The molecular weight excluding hydrogens is 224 g/mol. The molecule has 0 bridgehead atoms. The fourth-order valence-electron chi connectivity index (χ4n) is 2.68. The third-order valence-corrected chi connectivity index (χ3v) is 7.54. The number of rotatable bonds is 5. The van der Waals surface area contributed by atoms with Gasteiger partial charge in [-0.25, -0.2) is 0 Å². The zero-order valence-corrected chi connectivity index (χ0v) is 12.0. The van der Waals surface area contributed by atoms with Gasteiger partial charge in [-0.05, 0) is 37.0 Å². The quantitative estimate of drug-likeness (QED) is 0.554. The highest BCUT2D eigenvalue weighted by molar-refractivity contribution is 6.72. The maximum atomic E-state index is 6.23. The number of aryl methyl sites for hydroxylation is 1. The van der Waals surface area contributed by atoms with E-state index in [0.717, 1.165) is 13.0 Å². The Labute approximate surface area is 106 Å². The zero-order valence-electron chi connectivity index (χ0n) is 11.0.